The predicted molar refractivity (Wildman–Crippen MR) is 51.6 cm³/mol. The molecule has 4 heteroatoms. The van der Waals surface area contributed by atoms with E-state index in [0.29, 0.717) is 12.2 Å². The molecule has 1 atom stereocenters. The van der Waals surface area contributed by atoms with E-state index in [-0.39, 0.29) is 16.9 Å². The molecule has 1 saturated heterocycles. The third-order valence-electron chi connectivity index (χ3n) is 2.41. The van der Waals surface area contributed by atoms with E-state index < -0.39 is 0 Å². The van der Waals surface area contributed by atoms with Gasteiger partial charge in [-0.2, -0.15) is 0 Å². The highest BCUT2D eigenvalue weighted by Gasteiger charge is 2.25. The molecule has 2 heterocycles. The Morgan fingerprint density at radius 2 is 2.43 bits per heavy atom. The maximum absolute atomic E-state index is 11.9. The van der Waals surface area contributed by atoms with E-state index in [1.54, 1.807) is 6.07 Å². The Hall–Kier alpha value is -0.800. The molecule has 0 amide bonds. The topological polar surface area (TPSA) is 39.4 Å². The highest BCUT2D eigenvalue weighted by atomic mass is 35.5. The summed E-state index contributed by atoms with van der Waals surface area (Å²) >= 11 is 5.73. The normalized spacial score (nSPS) is 22.2. The zero-order chi connectivity index (χ0) is 9.97. The Morgan fingerprint density at radius 3 is 3.00 bits per heavy atom. The first-order valence-electron chi connectivity index (χ1n) is 4.64. The van der Waals surface area contributed by atoms with Crippen LogP contribution in [0.15, 0.2) is 16.7 Å². The summed E-state index contributed by atoms with van der Waals surface area (Å²) in [6.45, 7) is 1.25. The molecule has 0 aromatic carbocycles. The number of hydrogen-bond acceptors (Lipinski definition) is 3. The van der Waals surface area contributed by atoms with Crippen LogP contribution in [0.3, 0.4) is 0 Å². The van der Waals surface area contributed by atoms with Gasteiger partial charge in [-0.1, -0.05) is 0 Å². The zero-order valence-electron chi connectivity index (χ0n) is 7.66. The monoisotopic (exact) mass is 214 g/mol. The molecule has 0 radical (unpaired) electrons. The summed E-state index contributed by atoms with van der Waals surface area (Å²) in [5.41, 5.74) is 0.474. The Morgan fingerprint density at radius 1 is 1.57 bits per heavy atom. The number of Topliss-reactive ketones (excluding diaryl/α,β-unsaturated/α-hetero) is 1. The van der Waals surface area contributed by atoms with Gasteiger partial charge in [0, 0.05) is 12.5 Å². The van der Waals surface area contributed by atoms with Crippen molar-refractivity contribution in [2.24, 2.45) is 5.92 Å². The molecular formula is C10H11ClO3. The number of furan rings is 1. The average molecular weight is 215 g/mol. The second-order valence-electron chi connectivity index (χ2n) is 3.39. The van der Waals surface area contributed by atoms with E-state index in [9.17, 15) is 4.79 Å². The van der Waals surface area contributed by atoms with Crippen molar-refractivity contribution >= 4 is 17.4 Å². The summed E-state index contributed by atoms with van der Waals surface area (Å²) in [5, 5.41) is 0.181. The number of ketones is 1. The quantitative estimate of drug-likeness (QED) is 0.711. The molecule has 14 heavy (non-hydrogen) atoms. The fraction of sp³-hybridized carbons (Fsp3) is 0.500. The number of carbonyl (C=O) groups is 1. The molecule has 0 aliphatic carbocycles. The second-order valence-corrected chi connectivity index (χ2v) is 3.73. The van der Waals surface area contributed by atoms with E-state index >= 15 is 0 Å². The standard InChI is InChI=1S/C10H11ClO3/c11-10-8(3-5-14-10)9(12)7-2-1-4-13-6-7/h3,5,7H,1-2,4,6H2. The van der Waals surface area contributed by atoms with Gasteiger partial charge in [0.2, 0.25) is 5.22 Å². The van der Waals surface area contributed by atoms with E-state index in [1.807, 2.05) is 0 Å². The van der Waals surface area contributed by atoms with E-state index in [4.69, 9.17) is 20.8 Å². The highest BCUT2D eigenvalue weighted by Crippen LogP contribution is 2.24. The second kappa shape index (κ2) is 4.15. The van der Waals surface area contributed by atoms with Crippen LogP contribution in [0.2, 0.25) is 5.22 Å². The van der Waals surface area contributed by atoms with Crippen LogP contribution in [0.1, 0.15) is 23.2 Å². The first kappa shape index (κ1) is 9.74. The van der Waals surface area contributed by atoms with E-state index in [0.717, 1.165) is 19.4 Å². The summed E-state index contributed by atoms with van der Waals surface area (Å²) in [4.78, 5) is 11.9. The number of ether oxygens (including phenoxy) is 1. The molecule has 0 bridgehead atoms. The van der Waals surface area contributed by atoms with Crippen molar-refractivity contribution in [1.29, 1.82) is 0 Å². The lowest BCUT2D eigenvalue weighted by Gasteiger charge is -2.20. The van der Waals surface area contributed by atoms with Crippen molar-refractivity contribution in [2.45, 2.75) is 12.8 Å². The molecule has 1 unspecified atom stereocenters. The third kappa shape index (κ3) is 1.83. The fourth-order valence-corrected chi connectivity index (χ4v) is 1.84. The smallest absolute Gasteiger partial charge is 0.203 e. The van der Waals surface area contributed by atoms with Gasteiger partial charge in [-0.05, 0) is 30.5 Å². The largest absolute Gasteiger partial charge is 0.452 e. The highest BCUT2D eigenvalue weighted by molar-refractivity contribution is 6.32. The minimum Gasteiger partial charge on any atom is -0.452 e. The molecule has 1 aliphatic rings. The molecule has 1 aromatic rings. The lowest BCUT2D eigenvalue weighted by Crippen LogP contribution is -2.25. The maximum Gasteiger partial charge on any atom is 0.203 e. The first-order valence-corrected chi connectivity index (χ1v) is 5.02. The van der Waals surface area contributed by atoms with Crippen molar-refractivity contribution < 1.29 is 13.9 Å². The van der Waals surface area contributed by atoms with Crippen molar-refractivity contribution in [3.63, 3.8) is 0 Å². The van der Waals surface area contributed by atoms with Crippen LogP contribution in [0.4, 0.5) is 0 Å². The average Bonchev–Trinajstić information content (AvgIpc) is 2.65. The van der Waals surface area contributed by atoms with Gasteiger partial charge in [0.1, 0.15) is 0 Å². The zero-order valence-corrected chi connectivity index (χ0v) is 8.42. The van der Waals surface area contributed by atoms with Gasteiger partial charge in [0.05, 0.1) is 18.4 Å². The van der Waals surface area contributed by atoms with Gasteiger partial charge in [0.25, 0.3) is 0 Å². The Kier molecular flexibility index (Phi) is 2.89. The van der Waals surface area contributed by atoms with Crippen molar-refractivity contribution in [3.8, 4) is 0 Å². The SMILES string of the molecule is O=C(c1ccoc1Cl)C1CCCOC1. The number of rotatable bonds is 2. The molecule has 3 nitrogen and oxygen atoms in total. The molecule has 1 fully saturated rings. The Bertz CT molecular complexity index is 326. The van der Waals surface area contributed by atoms with Crippen molar-refractivity contribution in [2.75, 3.05) is 13.2 Å². The Balaban J connectivity index is 2.11. The maximum atomic E-state index is 11.9. The van der Waals surface area contributed by atoms with Crippen molar-refractivity contribution in [3.05, 3.63) is 23.1 Å². The van der Waals surface area contributed by atoms with Crippen LogP contribution in [-0.4, -0.2) is 19.0 Å². The van der Waals surface area contributed by atoms with Crippen LogP contribution in [0, 0.1) is 5.92 Å². The number of halogens is 1. The van der Waals surface area contributed by atoms with Crippen LogP contribution in [0.5, 0.6) is 0 Å². The summed E-state index contributed by atoms with van der Waals surface area (Å²) < 4.78 is 10.1. The predicted octanol–water partition coefficient (Wildman–Crippen LogP) is 2.54. The van der Waals surface area contributed by atoms with E-state index in [1.165, 1.54) is 6.26 Å². The van der Waals surface area contributed by atoms with Crippen molar-refractivity contribution in [1.82, 2.24) is 0 Å². The molecule has 0 N–H and O–H groups in total. The number of carbonyl (C=O) groups excluding carboxylic acids is 1. The van der Waals surface area contributed by atoms with Gasteiger partial charge >= 0.3 is 0 Å². The lowest BCUT2D eigenvalue weighted by molar-refractivity contribution is 0.0461. The molecule has 1 aromatic heterocycles. The molecule has 76 valence electrons. The molecule has 2 rings (SSSR count). The summed E-state index contributed by atoms with van der Waals surface area (Å²) in [5.74, 6) is -0.0256. The fourth-order valence-electron chi connectivity index (χ4n) is 1.64. The van der Waals surface area contributed by atoms with Crippen LogP contribution in [0.25, 0.3) is 0 Å². The van der Waals surface area contributed by atoms with Crippen LogP contribution >= 0.6 is 11.6 Å². The minimum absolute atomic E-state index is 0.0310. The van der Waals surface area contributed by atoms with Gasteiger partial charge in [-0.25, -0.2) is 0 Å². The molecule has 1 aliphatic heterocycles. The minimum atomic E-state index is -0.0566. The van der Waals surface area contributed by atoms with Crippen LogP contribution < -0.4 is 0 Å². The number of hydrogen-bond donors (Lipinski definition) is 0. The molecular weight excluding hydrogens is 204 g/mol. The lowest BCUT2D eigenvalue weighted by atomic mass is 9.94. The molecule has 0 saturated carbocycles. The summed E-state index contributed by atoms with van der Waals surface area (Å²) in [7, 11) is 0. The van der Waals surface area contributed by atoms with Gasteiger partial charge in [-0.3, -0.25) is 4.79 Å². The van der Waals surface area contributed by atoms with Crippen LogP contribution in [-0.2, 0) is 4.74 Å². The third-order valence-corrected chi connectivity index (χ3v) is 2.71. The molecule has 0 spiro atoms. The summed E-state index contributed by atoms with van der Waals surface area (Å²) in [6.07, 6.45) is 3.24. The Labute approximate surface area is 87.0 Å². The van der Waals surface area contributed by atoms with Gasteiger partial charge in [0.15, 0.2) is 5.78 Å². The van der Waals surface area contributed by atoms with E-state index in [2.05, 4.69) is 0 Å². The van der Waals surface area contributed by atoms with Gasteiger partial charge < -0.3 is 9.15 Å². The van der Waals surface area contributed by atoms with Gasteiger partial charge in [-0.15, -0.1) is 0 Å². The first-order chi connectivity index (χ1) is 6.79. The summed E-state index contributed by atoms with van der Waals surface area (Å²) in [6, 6.07) is 1.61.